The highest BCUT2D eigenvalue weighted by atomic mass is 35.5. The minimum absolute atomic E-state index is 0.161. The molecule has 1 aromatic carbocycles. The monoisotopic (exact) mass is 270 g/mol. The van der Waals surface area contributed by atoms with Gasteiger partial charge in [-0.3, -0.25) is 4.79 Å². The predicted octanol–water partition coefficient (Wildman–Crippen LogP) is 3.06. The zero-order valence-corrected chi connectivity index (χ0v) is 10.9. The Morgan fingerprint density at radius 1 is 1.26 bits per heavy atom. The highest BCUT2D eigenvalue weighted by Crippen LogP contribution is 2.35. The lowest BCUT2D eigenvalue weighted by molar-refractivity contribution is 0.897. The third kappa shape index (κ3) is 1.85. The molecule has 0 aliphatic heterocycles. The van der Waals surface area contributed by atoms with Crippen molar-refractivity contribution in [2.75, 3.05) is 0 Å². The minimum atomic E-state index is -0.321. The molecule has 1 aliphatic carbocycles. The van der Waals surface area contributed by atoms with E-state index in [0.29, 0.717) is 10.6 Å². The van der Waals surface area contributed by atoms with Gasteiger partial charge in [0.2, 0.25) is 0 Å². The van der Waals surface area contributed by atoms with Gasteiger partial charge in [-0.1, -0.05) is 29.8 Å². The molecule has 1 aliphatic rings. The Hall–Kier alpha value is -2.05. The highest BCUT2D eigenvalue weighted by Gasteiger charge is 2.23. The van der Waals surface area contributed by atoms with Crippen molar-refractivity contribution >= 4 is 11.6 Å². The average molecular weight is 271 g/mol. The molecule has 1 heterocycles. The first kappa shape index (κ1) is 12.0. The number of nitrogens with zero attached hydrogens (tertiary/aromatic N) is 1. The van der Waals surface area contributed by atoms with Gasteiger partial charge < -0.3 is 4.98 Å². The normalized spacial score (nSPS) is 13.1. The highest BCUT2D eigenvalue weighted by molar-refractivity contribution is 6.33. The Kier molecular flexibility index (Phi) is 2.88. The standard InChI is InChI=1S/C15H11ClN2O/c16-12-6-2-1-4-9(12)14-10-5-3-7-13(10)18-15(19)11(14)8-17/h1-2,4,6H,3,5,7H2,(H,18,19). The van der Waals surface area contributed by atoms with E-state index >= 15 is 0 Å². The van der Waals surface area contributed by atoms with Crippen LogP contribution in [-0.2, 0) is 12.8 Å². The van der Waals surface area contributed by atoms with Crippen LogP contribution in [-0.4, -0.2) is 4.98 Å². The maximum absolute atomic E-state index is 12.0. The molecule has 0 unspecified atom stereocenters. The Morgan fingerprint density at radius 2 is 2.05 bits per heavy atom. The van der Waals surface area contributed by atoms with Gasteiger partial charge in [0.1, 0.15) is 11.6 Å². The molecule has 0 saturated heterocycles. The Bertz CT molecular complexity index is 756. The van der Waals surface area contributed by atoms with Crippen molar-refractivity contribution in [2.24, 2.45) is 0 Å². The molecule has 3 nitrogen and oxygen atoms in total. The van der Waals surface area contributed by atoms with Crippen LogP contribution in [0.15, 0.2) is 29.1 Å². The topological polar surface area (TPSA) is 56.6 Å². The van der Waals surface area contributed by atoms with E-state index in [1.807, 2.05) is 24.3 Å². The van der Waals surface area contributed by atoms with Crippen LogP contribution in [0.25, 0.3) is 11.1 Å². The van der Waals surface area contributed by atoms with Gasteiger partial charge in [0.05, 0.1) is 0 Å². The van der Waals surface area contributed by atoms with E-state index < -0.39 is 0 Å². The van der Waals surface area contributed by atoms with Gasteiger partial charge in [-0.15, -0.1) is 0 Å². The van der Waals surface area contributed by atoms with Crippen molar-refractivity contribution in [3.05, 3.63) is 56.5 Å². The molecule has 0 fully saturated rings. The second kappa shape index (κ2) is 4.56. The van der Waals surface area contributed by atoms with Crippen LogP contribution in [0.1, 0.15) is 23.2 Å². The molecule has 1 N–H and O–H groups in total. The average Bonchev–Trinajstić information content (AvgIpc) is 2.85. The zero-order chi connectivity index (χ0) is 13.4. The van der Waals surface area contributed by atoms with Gasteiger partial charge in [0.25, 0.3) is 5.56 Å². The number of hydrogen-bond acceptors (Lipinski definition) is 2. The summed E-state index contributed by atoms with van der Waals surface area (Å²) in [6, 6.07) is 9.36. The first-order chi connectivity index (χ1) is 9.22. The minimum Gasteiger partial charge on any atom is -0.325 e. The number of fused-ring (bicyclic) bond motifs is 1. The largest absolute Gasteiger partial charge is 0.325 e. The summed E-state index contributed by atoms with van der Waals surface area (Å²) in [5, 5.41) is 9.84. The van der Waals surface area contributed by atoms with Crippen molar-refractivity contribution in [1.82, 2.24) is 4.98 Å². The molecule has 0 spiro atoms. The van der Waals surface area contributed by atoms with E-state index in [9.17, 15) is 10.1 Å². The number of rotatable bonds is 1. The summed E-state index contributed by atoms with van der Waals surface area (Å²) in [7, 11) is 0. The Morgan fingerprint density at radius 3 is 2.79 bits per heavy atom. The van der Waals surface area contributed by atoms with Gasteiger partial charge in [-0.05, 0) is 30.9 Å². The van der Waals surface area contributed by atoms with Crippen LogP contribution in [0, 0.1) is 11.3 Å². The van der Waals surface area contributed by atoms with Crippen molar-refractivity contribution < 1.29 is 0 Å². The van der Waals surface area contributed by atoms with Gasteiger partial charge >= 0.3 is 0 Å². The maximum Gasteiger partial charge on any atom is 0.266 e. The van der Waals surface area contributed by atoms with E-state index in [-0.39, 0.29) is 11.1 Å². The molecule has 1 aromatic heterocycles. The molecular formula is C15H11ClN2O. The number of halogens is 1. The Labute approximate surface area is 115 Å². The SMILES string of the molecule is N#Cc1c(-c2ccccc2Cl)c2c([nH]c1=O)CCC2. The summed E-state index contributed by atoms with van der Waals surface area (Å²) in [6.07, 6.45) is 2.73. The lowest BCUT2D eigenvalue weighted by Crippen LogP contribution is -2.15. The molecule has 0 bridgehead atoms. The van der Waals surface area contributed by atoms with Gasteiger partial charge in [-0.2, -0.15) is 5.26 Å². The van der Waals surface area contributed by atoms with Gasteiger partial charge in [-0.25, -0.2) is 0 Å². The van der Waals surface area contributed by atoms with Crippen LogP contribution < -0.4 is 5.56 Å². The van der Waals surface area contributed by atoms with E-state index in [1.54, 1.807) is 6.07 Å². The molecule has 19 heavy (non-hydrogen) atoms. The fraction of sp³-hybridized carbons (Fsp3) is 0.200. The van der Waals surface area contributed by atoms with Gasteiger partial charge in [0.15, 0.2) is 0 Å². The van der Waals surface area contributed by atoms with Crippen molar-refractivity contribution in [3.63, 3.8) is 0 Å². The zero-order valence-electron chi connectivity index (χ0n) is 10.2. The summed E-state index contributed by atoms with van der Waals surface area (Å²) in [5.41, 5.74) is 3.32. The smallest absolute Gasteiger partial charge is 0.266 e. The third-order valence-electron chi connectivity index (χ3n) is 3.52. The fourth-order valence-corrected chi connectivity index (χ4v) is 2.92. The molecule has 0 atom stereocenters. The summed E-state index contributed by atoms with van der Waals surface area (Å²) in [5.74, 6) is 0. The number of nitrogens with one attached hydrogen (secondary N) is 1. The summed E-state index contributed by atoms with van der Waals surface area (Å²) < 4.78 is 0. The van der Waals surface area contributed by atoms with Crippen LogP contribution >= 0.6 is 11.6 Å². The lowest BCUT2D eigenvalue weighted by Gasteiger charge is -2.11. The number of aromatic nitrogens is 1. The molecule has 0 saturated carbocycles. The van der Waals surface area contributed by atoms with E-state index in [4.69, 9.17) is 11.6 Å². The second-order valence-corrected chi connectivity index (χ2v) is 5.01. The van der Waals surface area contributed by atoms with E-state index in [0.717, 1.165) is 36.1 Å². The quantitative estimate of drug-likeness (QED) is 0.866. The van der Waals surface area contributed by atoms with E-state index in [1.165, 1.54) is 0 Å². The number of hydrogen-bond donors (Lipinski definition) is 1. The lowest BCUT2D eigenvalue weighted by atomic mass is 9.95. The fourth-order valence-electron chi connectivity index (χ4n) is 2.69. The molecule has 94 valence electrons. The molecule has 0 radical (unpaired) electrons. The predicted molar refractivity (Wildman–Crippen MR) is 74.2 cm³/mol. The van der Waals surface area contributed by atoms with Crippen LogP contribution in [0.3, 0.4) is 0 Å². The molecule has 3 rings (SSSR count). The Balaban J connectivity index is 2.41. The number of aryl methyl sites for hydroxylation is 1. The summed E-state index contributed by atoms with van der Waals surface area (Å²) in [6.45, 7) is 0. The summed E-state index contributed by atoms with van der Waals surface area (Å²) >= 11 is 6.22. The third-order valence-corrected chi connectivity index (χ3v) is 3.85. The van der Waals surface area contributed by atoms with Crippen molar-refractivity contribution in [3.8, 4) is 17.2 Å². The van der Waals surface area contributed by atoms with Crippen LogP contribution in [0.2, 0.25) is 5.02 Å². The number of nitriles is 1. The first-order valence-electron chi connectivity index (χ1n) is 6.15. The van der Waals surface area contributed by atoms with E-state index in [2.05, 4.69) is 4.98 Å². The maximum atomic E-state index is 12.0. The number of aromatic amines is 1. The second-order valence-electron chi connectivity index (χ2n) is 4.61. The molecular weight excluding hydrogens is 260 g/mol. The van der Waals surface area contributed by atoms with Crippen LogP contribution in [0.5, 0.6) is 0 Å². The number of H-pyrrole nitrogens is 1. The van der Waals surface area contributed by atoms with Crippen molar-refractivity contribution in [1.29, 1.82) is 5.26 Å². The van der Waals surface area contributed by atoms with Crippen molar-refractivity contribution in [2.45, 2.75) is 19.3 Å². The van der Waals surface area contributed by atoms with Gasteiger partial charge in [0, 0.05) is 21.8 Å². The number of benzene rings is 1. The van der Waals surface area contributed by atoms with Crippen LogP contribution in [0.4, 0.5) is 0 Å². The first-order valence-corrected chi connectivity index (χ1v) is 6.53. The molecule has 4 heteroatoms. The summed E-state index contributed by atoms with van der Waals surface area (Å²) in [4.78, 5) is 14.8. The number of pyridine rings is 1. The molecule has 0 amide bonds. The molecule has 2 aromatic rings.